The first-order valence-corrected chi connectivity index (χ1v) is 6.52. The molecule has 8 heteroatoms. The molecule has 0 aliphatic rings. The summed E-state index contributed by atoms with van der Waals surface area (Å²) in [7, 11) is 1.67. The summed E-state index contributed by atoms with van der Waals surface area (Å²) in [6.45, 7) is 5.93. The minimum Gasteiger partial charge on any atom is -0.394 e. The first-order valence-electron chi connectivity index (χ1n) is 6.52. The van der Waals surface area contributed by atoms with Gasteiger partial charge in [0.1, 0.15) is 5.69 Å². The molecule has 0 aliphatic carbocycles. The maximum Gasteiger partial charge on any atom is 0.332 e. The Hall–Kier alpha value is -1.96. The zero-order valence-corrected chi connectivity index (χ0v) is 12.3. The van der Waals surface area contributed by atoms with Crippen LogP contribution < -0.4 is 10.2 Å². The van der Waals surface area contributed by atoms with Crippen LogP contribution in [-0.4, -0.2) is 46.2 Å². The fraction of sp³-hybridized carbons (Fsp3) is 0.667. The topological polar surface area (TPSA) is 104 Å². The molecule has 1 rings (SSSR count). The smallest absolute Gasteiger partial charge is 0.332 e. The molecule has 0 amide bonds. The van der Waals surface area contributed by atoms with Crippen LogP contribution in [0.2, 0.25) is 0 Å². The van der Waals surface area contributed by atoms with Crippen molar-refractivity contribution >= 4 is 17.5 Å². The quantitative estimate of drug-likeness (QED) is 0.574. The lowest BCUT2D eigenvalue weighted by Gasteiger charge is -2.24. The maximum absolute atomic E-state index is 11.2. The summed E-state index contributed by atoms with van der Waals surface area (Å²) < 4.78 is 0. The summed E-state index contributed by atoms with van der Waals surface area (Å²) in [6, 6.07) is -0.276. The van der Waals surface area contributed by atoms with Gasteiger partial charge in [-0.05, 0) is 20.3 Å². The number of hydrogen-bond donors (Lipinski definition) is 2. The van der Waals surface area contributed by atoms with E-state index in [0.29, 0.717) is 18.2 Å². The predicted molar refractivity (Wildman–Crippen MR) is 77.2 cm³/mol. The monoisotopic (exact) mass is 283 g/mol. The molecule has 0 aliphatic heterocycles. The van der Waals surface area contributed by atoms with Gasteiger partial charge in [0.25, 0.3) is 0 Å². The number of aryl methyl sites for hydroxylation is 1. The molecule has 2 N–H and O–H groups in total. The van der Waals surface area contributed by atoms with E-state index in [1.807, 2.05) is 6.92 Å². The summed E-state index contributed by atoms with van der Waals surface area (Å²) in [6.07, 6.45) is 0.900. The van der Waals surface area contributed by atoms with Crippen molar-refractivity contribution in [2.45, 2.75) is 33.2 Å². The van der Waals surface area contributed by atoms with Crippen LogP contribution in [0.5, 0.6) is 0 Å². The first kappa shape index (κ1) is 16.1. The standard InChI is InChI=1S/C12H21N5O3/c1-5-6-13-12-14-9(3)10(17(19)20)11(15-12)16(4)8(2)7-18/h8,18H,5-7H2,1-4H3,(H,13,14,15). The second-order valence-corrected chi connectivity index (χ2v) is 4.63. The van der Waals surface area contributed by atoms with Gasteiger partial charge >= 0.3 is 5.69 Å². The summed E-state index contributed by atoms with van der Waals surface area (Å²) in [5.41, 5.74) is 0.172. The molecule has 0 bridgehead atoms. The Morgan fingerprint density at radius 1 is 1.50 bits per heavy atom. The Labute approximate surface area is 118 Å². The molecule has 1 aromatic heterocycles. The number of aromatic nitrogens is 2. The van der Waals surface area contributed by atoms with E-state index >= 15 is 0 Å². The van der Waals surface area contributed by atoms with Crippen LogP contribution in [0.3, 0.4) is 0 Å². The lowest BCUT2D eigenvalue weighted by Crippen LogP contribution is -2.33. The molecule has 0 fully saturated rings. The van der Waals surface area contributed by atoms with Crippen LogP contribution in [0, 0.1) is 17.0 Å². The van der Waals surface area contributed by atoms with Crippen molar-refractivity contribution < 1.29 is 10.0 Å². The summed E-state index contributed by atoms with van der Waals surface area (Å²) in [5, 5.41) is 23.4. The predicted octanol–water partition coefficient (Wildman–Crippen LogP) is 1.33. The van der Waals surface area contributed by atoms with E-state index in [1.54, 1.807) is 25.8 Å². The normalized spacial score (nSPS) is 12.1. The van der Waals surface area contributed by atoms with Gasteiger partial charge < -0.3 is 15.3 Å². The van der Waals surface area contributed by atoms with Gasteiger partial charge in [-0.15, -0.1) is 0 Å². The SMILES string of the molecule is CCCNc1nc(C)c([N+](=O)[O-])c(N(C)C(C)CO)n1. The third kappa shape index (κ3) is 3.53. The van der Waals surface area contributed by atoms with Gasteiger partial charge in [-0.3, -0.25) is 10.1 Å². The van der Waals surface area contributed by atoms with Crippen LogP contribution in [0.15, 0.2) is 0 Å². The lowest BCUT2D eigenvalue weighted by atomic mass is 10.2. The van der Waals surface area contributed by atoms with Crippen LogP contribution in [-0.2, 0) is 0 Å². The highest BCUT2D eigenvalue weighted by Gasteiger charge is 2.26. The van der Waals surface area contributed by atoms with Gasteiger partial charge in [0.2, 0.25) is 11.8 Å². The molecule has 0 spiro atoms. The fourth-order valence-corrected chi connectivity index (χ4v) is 1.66. The second-order valence-electron chi connectivity index (χ2n) is 4.63. The van der Waals surface area contributed by atoms with Crippen molar-refractivity contribution in [3.8, 4) is 0 Å². The molecule has 0 radical (unpaired) electrons. The average Bonchev–Trinajstić information content (AvgIpc) is 2.42. The highest BCUT2D eigenvalue weighted by atomic mass is 16.6. The van der Waals surface area contributed by atoms with Crippen molar-refractivity contribution in [1.82, 2.24) is 9.97 Å². The number of aliphatic hydroxyl groups is 1. The van der Waals surface area contributed by atoms with Crippen molar-refractivity contribution in [3.63, 3.8) is 0 Å². The van der Waals surface area contributed by atoms with E-state index in [9.17, 15) is 15.2 Å². The fourth-order valence-electron chi connectivity index (χ4n) is 1.66. The number of nitrogens with zero attached hydrogens (tertiary/aromatic N) is 4. The average molecular weight is 283 g/mol. The number of nitrogens with one attached hydrogen (secondary N) is 1. The first-order chi connectivity index (χ1) is 9.42. The molecular formula is C12H21N5O3. The number of nitro groups is 1. The molecule has 1 heterocycles. The van der Waals surface area contributed by atoms with Crippen molar-refractivity contribution in [3.05, 3.63) is 15.8 Å². The van der Waals surface area contributed by atoms with E-state index in [-0.39, 0.29) is 24.2 Å². The number of aliphatic hydroxyl groups excluding tert-OH is 1. The van der Waals surface area contributed by atoms with E-state index < -0.39 is 4.92 Å². The number of hydrogen-bond acceptors (Lipinski definition) is 7. The highest BCUT2D eigenvalue weighted by molar-refractivity contribution is 5.62. The Kier molecular flexibility index (Phi) is 5.63. The largest absolute Gasteiger partial charge is 0.394 e. The van der Waals surface area contributed by atoms with Crippen molar-refractivity contribution in [1.29, 1.82) is 0 Å². The Morgan fingerprint density at radius 3 is 2.65 bits per heavy atom. The van der Waals surface area contributed by atoms with Gasteiger partial charge in [-0.2, -0.15) is 4.98 Å². The molecule has 0 saturated heterocycles. The minimum atomic E-state index is -0.491. The Balaban J connectivity index is 3.28. The molecule has 1 unspecified atom stereocenters. The molecule has 0 aromatic carbocycles. The number of anilines is 2. The summed E-state index contributed by atoms with van der Waals surface area (Å²) in [4.78, 5) is 20.6. The van der Waals surface area contributed by atoms with Gasteiger partial charge in [0.15, 0.2) is 0 Å². The third-order valence-electron chi connectivity index (χ3n) is 3.02. The van der Waals surface area contributed by atoms with E-state index in [4.69, 9.17) is 0 Å². The molecule has 1 atom stereocenters. The van der Waals surface area contributed by atoms with Gasteiger partial charge in [-0.25, -0.2) is 4.98 Å². The van der Waals surface area contributed by atoms with Crippen LogP contribution in [0.1, 0.15) is 26.0 Å². The minimum absolute atomic E-state index is 0.117. The Morgan fingerprint density at radius 2 is 2.15 bits per heavy atom. The van der Waals surface area contributed by atoms with Crippen LogP contribution >= 0.6 is 0 Å². The summed E-state index contributed by atoms with van der Waals surface area (Å²) >= 11 is 0. The number of rotatable bonds is 7. The molecule has 1 aromatic rings. The van der Waals surface area contributed by atoms with E-state index in [1.165, 1.54) is 0 Å². The maximum atomic E-state index is 11.2. The Bertz CT molecular complexity index is 480. The van der Waals surface area contributed by atoms with Crippen LogP contribution in [0.4, 0.5) is 17.5 Å². The molecule has 112 valence electrons. The van der Waals surface area contributed by atoms with Gasteiger partial charge in [0, 0.05) is 13.6 Å². The second kappa shape index (κ2) is 6.99. The van der Waals surface area contributed by atoms with Gasteiger partial charge in [0.05, 0.1) is 17.6 Å². The molecule has 20 heavy (non-hydrogen) atoms. The van der Waals surface area contributed by atoms with Crippen molar-refractivity contribution in [2.75, 3.05) is 30.4 Å². The van der Waals surface area contributed by atoms with Crippen LogP contribution in [0.25, 0.3) is 0 Å². The highest BCUT2D eigenvalue weighted by Crippen LogP contribution is 2.30. The molecular weight excluding hydrogens is 262 g/mol. The van der Waals surface area contributed by atoms with E-state index in [2.05, 4.69) is 15.3 Å². The van der Waals surface area contributed by atoms with E-state index in [0.717, 1.165) is 6.42 Å². The molecule has 0 saturated carbocycles. The van der Waals surface area contributed by atoms with Gasteiger partial charge in [-0.1, -0.05) is 6.92 Å². The zero-order chi connectivity index (χ0) is 15.3. The third-order valence-corrected chi connectivity index (χ3v) is 3.02. The van der Waals surface area contributed by atoms with Crippen molar-refractivity contribution in [2.24, 2.45) is 0 Å². The number of likely N-dealkylation sites (N-methyl/N-ethyl adjacent to an activating group) is 1. The summed E-state index contributed by atoms with van der Waals surface area (Å²) in [5.74, 6) is 0.574. The molecule has 8 nitrogen and oxygen atoms in total. The zero-order valence-electron chi connectivity index (χ0n) is 12.3. The lowest BCUT2D eigenvalue weighted by molar-refractivity contribution is -0.385.